The molecular formula is C23H28BrClN2. The second kappa shape index (κ2) is 12.5. The zero-order valence-corrected chi connectivity index (χ0v) is 19.1. The Morgan fingerprint density at radius 3 is 2.07 bits per heavy atom. The van der Waals surface area contributed by atoms with Gasteiger partial charge < -0.3 is 4.57 Å². The molecule has 1 aromatic heterocycles. The van der Waals surface area contributed by atoms with Crippen molar-refractivity contribution in [3.63, 3.8) is 0 Å². The molecule has 0 aliphatic heterocycles. The quantitative estimate of drug-likeness (QED) is 0.394. The van der Waals surface area contributed by atoms with Crippen LogP contribution in [-0.4, -0.2) is 9.55 Å². The minimum absolute atomic E-state index is 0.735. The van der Waals surface area contributed by atoms with Crippen LogP contribution >= 0.6 is 27.5 Å². The number of aryl methyl sites for hydroxylation is 1. The Bertz CT molecular complexity index is 819. The van der Waals surface area contributed by atoms with Gasteiger partial charge in [-0.15, -0.1) is 0 Å². The zero-order chi connectivity index (χ0) is 20.2. The fourth-order valence-corrected chi connectivity index (χ4v) is 2.71. The highest BCUT2D eigenvalue weighted by atomic mass is 79.9. The number of benzene rings is 2. The van der Waals surface area contributed by atoms with E-state index in [1.54, 1.807) is 0 Å². The number of halogens is 2. The molecule has 0 amide bonds. The van der Waals surface area contributed by atoms with Crippen LogP contribution in [0.5, 0.6) is 0 Å². The highest BCUT2D eigenvalue weighted by molar-refractivity contribution is 9.10. The van der Waals surface area contributed by atoms with E-state index in [-0.39, 0.29) is 0 Å². The molecule has 0 atom stereocenters. The lowest BCUT2D eigenvalue weighted by molar-refractivity contribution is 0.753. The zero-order valence-electron chi connectivity index (χ0n) is 16.7. The summed E-state index contributed by atoms with van der Waals surface area (Å²) in [6.07, 6.45) is 6.20. The molecule has 0 fully saturated rings. The first-order valence-electron chi connectivity index (χ1n) is 9.42. The number of hydrogen-bond acceptors (Lipinski definition) is 1. The molecule has 3 aromatic rings. The molecule has 27 heavy (non-hydrogen) atoms. The summed E-state index contributed by atoms with van der Waals surface area (Å²) in [5.74, 6) is 0.945. The monoisotopic (exact) mass is 446 g/mol. The van der Waals surface area contributed by atoms with Gasteiger partial charge in [-0.2, -0.15) is 0 Å². The van der Waals surface area contributed by atoms with Gasteiger partial charge in [0.15, 0.2) is 0 Å². The van der Waals surface area contributed by atoms with Gasteiger partial charge in [0.2, 0.25) is 0 Å². The Kier molecular flexibility index (Phi) is 10.8. The van der Waals surface area contributed by atoms with Gasteiger partial charge in [0.05, 0.1) is 5.69 Å². The van der Waals surface area contributed by atoms with E-state index < -0.39 is 0 Å². The van der Waals surface area contributed by atoms with Gasteiger partial charge in [0, 0.05) is 27.8 Å². The van der Waals surface area contributed by atoms with Crippen molar-refractivity contribution >= 4 is 39.7 Å². The molecule has 3 rings (SSSR count). The van der Waals surface area contributed by atoms with Crippen molar-refractivity contribution in [2.45, 2.75) is 41.2 Å². The Morgan fingerprint density at radius 2 is 1.52 bits per heavy atom. The van der Waals surface area contributed by atoms with E-state index >= 15 is 0 Å². The molecular weight excluding hydrogens is 420 g/mol. The average Bonchev–Trinajstić information content (AvgIpc) is 3.14. The van der Waals surface area contributed by atoms with Crippen LogP contribution in [0.15, 0.2) is 59.2 Å². The molecule has 0 bridgehead atoms. The third-order valence-electron chi connectivity index (χ3n) is 3.58. The highest BCUT2D eigenvalue weighted by Gasteiger charge is 2.06. The largest absolute Gasteiger partial charge is 0.331 e. The first-order valence-corrected chi connectivity index (χ1v) is 10.6. The van der Waals surface area contributed by atoms with Crippen LogP contribution in [-0.2, 0) is 6.54 Å². The standard InChI is InChI=1S/C19H16BrClN2.2C2H6/c1-2-23-13-18(15-6-10-17(21)11-7-15)22-19(23)12-5-14-3-8-16(20)9-4-14;2*1-2/h3-13H,2H2,1H3;2*1-2H3/b12-5+;;. The third-order valence-corrected chi connectivity index (χ3v) is 4.36. The lowest BCUT2D eigenvalue weighted by atomic mass is 10.2. The summed E-state index contributed by atoms with van der Waals surface area (Å²) >= 11 is 9.40. The Hall–Kier alpha value is -1.84. The third kappa shape index (κ3) is 7.00. The highest BCUT2D eigenvalue weighted by Crippen LogP contribution is 2.22. The van der Waals surface area contributed by atoms with Crippen LogP contribution in [0.3, 0.4) is 0 Å². The van der Waals surface area contributed by atoms with Gasteiger partial charge in [-0.25, -0.2) is 4.98 Å². The molecule has 2 aromatic carbocycles. The molecule has 0 unspecified atom stereocenters. The maximum absolute atomic E-state index is 5.95. The van der Waals surface area contributed by atoms with Crippen molar-refractivity contribution in [3.8, 4) is 11.3 Å². The van der Waals surface area contributed by atoms with Crippen molar-refractivity contribution in [1.82, 2.24) is 9.55 Å². The molecule has 0 radical (unpaired) electrons. The van der Waals surface area contributed by atoms with Crippen LogP contribution in [0.4, 0.5) is 0 Å². The molecule has 0 spiro atoms. The van der Waals surface area contributed by atoms with Crippen LogP contribution in [0.1, 0.15) is 46.0 Å². The number of aromatic nitrogens is 2. The van der Waals surface area contributed by atoms with Gasteiger partial charge in [0.25, 0.3) is 0 Å². The second-order valence-corrected chi connectivity index (χ2v) is 6.51. The van der Waals surface area contributed by atoms with E-state index in [1.165, 1.54) is 0 Å². The SMILES string of the molecule is CC.CC.CCn1cc(-c2ccc(Cl)cc2)nc1/C=C/c1ccc(Br)cc1. The summed E-state index contributed by atoms with van der Waals surface area (Å²) in [4.78, 5) is 4.74. The first kappa shape index (κ1) is 23.2. The normalized spacial score (nSPS) is 10.0. The predicted molar refractivity (Wildman–Crippen MR) is 124 cm³/mol. The van der Waals surface area contributed by atoms with E-state index in [9.17, 15) is 0 Å². The van der Waals surface area contributed by atoms with Crippen molar-refractivity contribution in [2.75, 3.05) is 0 Å². The first-order chi connectivity index (χ1) is 13.2. The van der Waals surface area contributed by atoms with Gasteiger partial charge in [-0.3, -0.25) is 0 Å². The van der Waals surface area contributed by atoms with Crippen LogP contribution in [0.2, 0.25) is 5.02 Å². The van der Waals surface area contributed by atoms with E-state index in [0.717, 1.165) is 38.7 Å². The number of rotatable bonds is 4. The topological polar surface area (TPSA) is 17.8 Å². The molecule has 0 saturated carbocycles. The fraction of sp³-hybridized carbons (Fsp3) is 0.261. The minimum Gasteiger partial charge on any atom is -0.331 e. The predicted octanol–water partition coefficient (Wildman–Crippen LogP) is 8.21. The van der Waals surface area contributed by atoms with Crippen molar-refractivity contribution in [2.24, 2.45) is 0 Å². The summed E-state index contributed by atoms with van der Waals surface area (Å²) in [5, 5.41) is 0.735. The van der Waals surface area contributed by atoms with Crippen molar-refractivity contribution in [1.29, 1.82) is 0 Å². The lowest BCUT2D eigenvalue weighted by Crippen LogP contribution is -1.94. The van der Waals surface area contributed by atoms with Gasteiger partial charge in [-0.1, -0.05) is 85.6 Å². The molecule has 2 nitrogen and oxygen atoms in total. The number of hydrogen-bond donors (Lipinski definition) is 0. The van der Waals surface area contributed by atoms with E-state index in [1.807, 2.05) is 70.2 Å². The molecule has 144 valence electrons. The average molecular weight is 448 g/mol. The number of imidazole rings is 1. The van der Waals surface area contributed by atoms with E-state index in [0.29, 0.717) is 0 Å². The van der Waals surface area contributed by atoms with E-state index in [2.05, 4.69) is 51.8 Å². The maximum atomic E-state index is 5.95. The summed E-state index contributed by atoms with van der Waals surface area (Å²) < 4.78 is 3.22. The lowest BCUT2D eigenvalue weighted by Gasteiger charge is -1.99. The number of nitrogens with zero attached hydrogens (tertiary/aromatic N) is 2. The smallest absolute Gasteiger partial charge is 0.133 e. The molecule has 4 heteroatoms. The summed E-state index contributed by atoms with van der Waals surface area (Å²) in [6.45, 7) is 11.0. The van der Waals surface area contributed by atoms with Gasteiger partial charge >= 0.3 is 0 Å². The molecule has 0 aliphatic rings. The molecule has 0 aliphatic carbocycles. The Morgan fingerprint density at radius 1 is 0.926 bits per heavy atom. The molecule has 0 N–H and O–H groups in total. The maximum Gasteiger partial charge on any atom is 0.133 e. The Labute approximate surface area is 177 Å². The fourth-order valence-electron chi connectivity index (χ4n) is 2.32. The Balaban J connectivity index is 0.000000855. The van der Waals surface area contributed by atoms with Gasteiger partial charge in [-0.05, 0) is 42.8 Å². The van der Waals surface area contributed by atoms with Crippen molar-refractivity contribution < 1.29 is 0 Å². The summed E-state index contributed by atoms with van der Waals surface area (Å²) in [6, 6.07) is 16.0. The second-order valence-electron chi connectivity index (χ2n) is 5.16. The minimum atomic E-state index is 0.735. The van der Waals surface area contributed by atoms with Gasteiger partial charge in [0.1, 0.15) is 5.82 Å². The summed E-state index contributed by atoms with van der Waals surface area (Å²) in [5.41, 5.74) is 3.17. The van der Waals surface area contributed by atoms with Crippen molar-refractivity contribution in [3.05, 3.63) is 75.6 Å². The molecule has 1 heterocycles. The van der Waals surface area contributed by atoms with Crippen LogP contribution < -0.4 is 0 Å². The van der Waals surface area contributed by atoms with Crippen LogP contribution in [0, 0.1) is 0 Å². The summed E-state index contributed by atoms with van der Waals surface area (Å²) in [7, 11) is 0. The van der Waals surface area contributed by atoms with E-state index in [4.69, 9.17) is 16.6 Å². The molecule has 0 saturated heterocycles. The van der Waals surface area contributed by atoms with Crippen LogP contribution in [0.25, 0.3) is 23.4 Å².